The second-order valence-electron chi connectivity index (χ2n) is 2.57. The maximum atomic E-state index is 11.3. The van der Waals surface area contributed by atoms with Crippen LogP contribution in [0.25, 0.3) is 0 Å². The van der Waals surface area contributed by atoms with E-state index in [0.717, 1.165) is 0 Å². The minimum Gasteiger partial charge on any atom is -0.458 e. The summed E-state index contributed by atoms with van der Waals surface area (Å²) in [6, 6.07) is 2.94. The minimum absolute atomic E-state index is 0.135. The number of hydrogen-bond donors (Lipinski definition) is 0. The van der Waals surface area contributed by atoms with Gasteiger partial charge in [-0.15, -0.1) is 10.2 Å². The van der Waals surface area contributed by atoms with Crippen molar-refractivity contribution in [3.63, 3.8) is 0 Å². The van der Waals surface area contributed by atoms with Gasteiger partial charge in [-0.1, -0.05) is 11.6 Å². The summed E-state index contributed by atoms with van der Waals surface area (Å²) in [4.78, 5) is 11.3. The van der Waals surface area contributed by atoms with E-state index in [1.165, 1.54) is 12.1 Å². The lowest BCUT2D eigenvalue weighted by Gasteiger charge is -2.03. The van der Waals surface area contributed by atoms with Gasteiger partial charge in [-0.2, -0.15) is 0 Å². The molecule has 0 aliphatic rings. The first-order chi connectivity index (χ1) is 7.24. The molecule has 0 aliphatic heterocycles. The maximum Gasteiger partial charge on any atom is 0.358 e. The Kier molecular flexibility index (Phi) is 5.00. The lowest BCUT2D eigenvalue weighted by Crippen LogP contribution is -2.12. The molecule has 0 N–H and O–H groups in total. The first kappa shape index (κ1) is 11.9. The van der Waals surface area contributed by atoms with Crippen molar-refractivity contribution in [2.24, 2.45) is 0 Å². The molecular formula is C9H11ClN2O3. The quantitative estimate of drug-likeness (QED) is 0.564. The second kappa shape index (κ2) is 6.31. The molecule has 0 amide bonds. The molecule has 5 nitrogen and oxygen atoms in total. The summed E-state index contributed by atoms with van der Waals surface area (Å²) in [6.45, 7) is 3.05. The summed E-state index contributed by atoms with van der Waals surface area (Å²) in [5.74, 6) is -0.529. The van der Waals surface area contributed by atoms with Gasteiger partial charge in [-0.25, -0.2) is 4.79 Å². The predicted molar refractivity (Wildman–Crippen MR) is 53.8 cm³/mol. The van der Waals surface area contributed by atoms with Crippen LogP contribution in [0.3, 0.4) is 0 Å². The highest BCUT2D eigenvalue weighted by Crippen LogP contribution is 2.03. The molecule has 0 unspecified atom stereocenters. The number of rotatable bonds is 5. The monoisotopic (exact) mass is 230 g/mol. The van der Waals surface area contributed by atoms with E-state index >= 15 is 0 Å². The lowest BCUT2D eigenvalue weighted by molar-refractivity contribution is 0.0328. The summed E-state index contributed by atoms with van der Waals surface area (Å²) in [7, 11) is 0. The van der Waals surface area contributed by atoms with Gasteiger partial charge in [-0.05, 0) is 19.1 Å². The van der Waals surface area contributed by atoms with E-state index in [2.05, 4.69) is 10.2 Å². The molecule has 0 bridgehead atoms. The number of esters is 1. The lowest BCUT2D eigenvalue weighted by atomic mass is 10.4. The van der Waals surface area contributed by atoms with Crippen LogP contribution in [0.4, 0.5) is 0 Å². The highest BCUT2D eigenvalue weighted by Gasteiger charge is 2.08. The fourth-order valence-electron chi connectivity index (χ4n) is 0.836. The molecule has 6 heteroatoms. The highest BCUT2D eigenvalue weighted by atomic mass is 35.5. The Morgan fingerprint density at radius 2 is 2.20 bits per heavy atom. The Morgan fingerprint density at radius 3 is 2.80 bits per heavy atom. The van der Waals surface area contributed by atoms with Gasteiger partial charge in [0.1, 0.15) is 6.61 Å². The summed E-state index contributed by atoms with van der Waals surface area (Å²) in [5, 5.41) is 7.34. The van der Waals surface area contributed by atoms with Crippen LogP contribution in [0, 0.1) is 0 Å². The van der Waals surface area contributed by atoms with E-state index in [-0.39, 0.29) is 17.5 Å². The Morgan fingerprint density at radius 1 is 1.40 bits per heavy atom. The summed E-state index contributed by atoms with van der Waals surface area (Å²) in [6.07, 6.45) is 0. The molecule has 82 valence electrons. The van der Waals surface area contributed by atoms with Gasteiger partial charge in [0.2, 0.25) is 0 Å². The molecule has 0 spiro atoms. The zero-order valence-corrected chi connectivity index (χ0v) is 9.03. The van der Waals surface area contributed by atoms with Crippen molar-refractivity contribution >= 4 is 17.6 Å². The van der Waals surface area contributed by atoms with Crippen LogP contribution >= 0.6 is 11.6 Å². The number of aromatic nitrogens is 2. The van der Waals surface area contributed by atoms with E-state index in [0.29, 0.717) is 13.2 Å². The number of halogens is 1. The van der Waals surface area contributed by atoms with E-state index in [4.69, 9.17) is 21.1 Å². The van der Waals surface area contributed by atoms with Gasteiger partial charge in [0.15, 0.2) is 10.8 Å². The molecule has 0 aromatic carbocycles. The fourth-order valence-corrected chi connectivity index (χ4v) is 0.937. The summed E-state index contributed by atoms with van der Waals surface area (Å²) >= 11 is 5.52. The number of nitrogens with zero attached hydrogens (tertiary/aromatic N) is 2. The minimum atomic E-state index is -0.529. The van der Waals surface area contributed by atoms with E-state index < -0.39 is 5.97 Å². The zero-order chi connectivity index (χ0) is 11.1. The van der Waals surface area contributed by atoms with E-state index in [1.807, 2.05) is 6.92 Å². The topological polar surface area (TPSA) is 61.3 Å². The zero-order valence-electron chi connectivity index (χ0n) is 8.27. The largest absolute Gasteiger partial charge is 0.458 e. The Hall–Kier alpha value is -1.20. The SMILES string of the molecule is CCOCCOC(=O)c1ccc(Cl)nn1. The van der Waals surface area contributed by atoms with Crippen molar-refractivity contribution in [3.8, 4) is 0 Å². The van der Waals surface area contributed by atoms with E-state index in [9.17, 15) is 4.79 Å². The normalized spacial score (nSPS) is 10.0. The smallest absolute Gasteiger partial charge is 0.358 e. The Balaban J connectivity index is 2.37. The van der Waals surface area contributed by atoms with Crippen LogP contribution in [0.5, 0.6) is 0 Å². The van der Waals surface area contributed by atoms with E-state index in [1.54, 1.807) is 0 Å². The van der Waals surface area contributed by atoms with Gasteiger partial charge in [-0.3, -0.25) is 0 Å². The average Bonchev–Trinajstić information content (AvgIpc) is 2.25. The molecule has 0 saturated carbocycles. The number of hydrogen-bond acceptors (Lipinski definition) is 5. The van der Waals surface area contributed by atoms with Crippen molar-refractivity contribution in [2.75, 3.05) is 19.8 Å². The molecule has 0 atom stereocenters. The second-order valence-corrected chi connectivity index (χ2v) is 2.96. The molecule has 0 aliphatic carbocycles. The third kappa shape index (κ3) is 4.22. The molecule has 0 fully saturated rings. The molecule has 0 saturated heterocycles. The van der Waals surface area contributed by atoms with Crippen molar-refractivity contribution in [2.45, 2.75) is 6.92 Å². The van der Waals surface area contributed by atoms with Gasteiger partial charge < -0.3 is 9.47 Å². The van der Waals surface area contributed by atoms with Gasteiger partial charge in [0, 0.05) is 6.61 Å². The van der Waals surface area contributed by atoms with Gasteiger partial charge >= 0.3 is 5.97 Å². The maximum absolute atomic E-state index is 11.3. The summed E-state index contributed by atoms with van der Waals surface area (Å²) < 4.78 is 9.87. The van der Waals surface area contributed by atoms with Crippen molar-refractivity contribution in [1.82, 2.24) is 10.2 Å². The third-order valence-electron chi connectivity index (χ3n) is 1.51. The number of ether oxygens (including phenoxy) is 2. The third-order valence-corrected chi connectivity index (χ3v) is 1.71. The van der Waals surface area contributed by atoms with Crippen LogP contribution in [-0.4, -0.2) is 36.0 Å². The first-order valence-electron chi connectivity index (χ1n) is 4.48. The molecular weight excluding hydrogens is 220 g/mol. The Labute approximate surface area is 92.4 Å². The van der Waals surface area contributed by atoms with Gasteiger partial charge in [0.05, 0.1) is 6.61 Å². The van der Waals surface area contributed by atoms with Crippen LogP contribution in [0.2, 0.25) is 5.15 Å². The molecule has 0 radical (unpaired) electrons. The molecule has 15 heavy (non-hydrogen) atoms. The first-order valence-corrected chi connectivity index (χ1v) is 4.86. The van der Waals surface area contributed by atoms with Crippen LogP contribution < -0.4 is 0 Å². The standard InChI is InChI=1S/C9H11ClN2O3/c1-2-14-5-6-15-9(13)7-3-4-8(10)12-11-7/h3-4H,2,5-6H2,1H3. The average molecular weight is 231 g/mol. The Bertz CT molecular complexity index is 316. The van der Waals surface area contributed by atoms with Crippen LogP contribution in [0.1, 0.15) is 17.4 Å². The number of carbonyl (C=O) groups is 1. The molecule has 1 rings (SSSR count). The number of carbonyl (C=O) groups excluding carboxylic acids is 1. The predicted octanol–water partition coefficient (Wildman–Crippen LogP) is 1.32. The molecule has 1 aromatic heterocycles. The fraction of sp³-hybridized carbons (Fsp3) is 0.444. The highest BCUT2D eigenvalue weighted by molar-refractivity contribution is 6.29. The molecule has 1 heterocycles. The van der Waals surface area contributed by atoms with Crippen molar-refractivity contribution in [3.05, 3.63) is 23.0 Å². The van der Waals surface area contributed by atoms with Crippen LogP contribution in [-0.2, 0) is 9.47 Å². The molecule has 1 aromatic rings. The summed E-state index contributed by atoms with van der Waals surface area (Å²) in [5.41, 5.74) is 0.135. The van der Waals surface area contributed by atoms with Crippen LogP contribution in [0.15, 0.2) is 12.1 Å². The van der Waals surface area contributed by atoms with Crippen molar-refractivity contribution < 1.29 is 14.3 Å². The van der Waals surface area contributed by atoms with Gasteiger partial charge in [0.25, 0.3) is 0 Å². The van der Waals surface area contributed by atoms with Crippen molar-refractivity contribution in [1.29, 1.82) is 0 Å².